The monoisotopic (exact) mass is 392 g/mol. The first-order chi connectivity index (χ1) is 12.6. The molecule has 142 valence electrons. The van der Waals surface area contributed by atoms with Gasteiger partial charge in [0.25, 0.3) is 0 Å². The Hall–Kier alpha value is -1.54. The van der Waals surface area contributed by atoms with Crippen LogP contribution in [0.4, 0.5) is 11.6 Å². The van der Waals surface area contributed by atoms with Crippen LogP contribution in [-0.2, 0) is 0 Å². The second kappa shape index (κ2) is 11.2. The fourth-order valence-corrected chi connectivity index (χ4v) is 3.33. The van der Waals surface area contributed by atoms with E-state index in [0.29, 0.717) is 0 Å². The van der Waals surface area contributed by atoms with E-state index >= 15 is 0 Å². The third kappa shape index (κ3) is 7.37. The van der Waals surface area contributed by atoms with E-state index in [-0.39, 0.29) is 0 Å². The SMILES string of the molecule is CSc1nc(C)cc(NCCCCCCNc2cc(C)nc(SC)n2)n1. The van der Waals surface area contributed by atoms with E-state index in [1.165, 1.54) is 12.8 Å². The van der Waals surface area contributed by atoms with Gasteiger partial charge in [-0.25, -0.2) is 19.9 Å². The normalized spacial score (nSPS) is 10.8. The molecule has 2 N–H and O–H groups in total. The van der Waals surface area contributed by atoms with Crippen LogP contribution in [0.2, 0.25) is 0 Å². The number of hydrogen-bond donors (Lipinski definition) is 2. The summed E-state index contributed by atoms with van der Waals surface area (Å²) in [6.45, 7) is 5.89. The Morgan fingerprint density at radius 2 is 1.12 bits per heavy atom. The van der Waals surface area contributed by atoms with Gasteiger partial charge in [-0.2, -0.15) is 0 Å². The van der Waals surface area contributed by atoms with E-state index in [2.05, 4.69) is 30.6 Å². The minimum atomic E-state index is 0.822. The van der Waals surface area contributed by atoms with Crippen molar-refractivity contribution < 1.29 is 0 Å². The van der Waals surface area contributed by atoms with Crippen LogP contribution in [0.1, 0.15) is 37.1 Å². The molecule has 0 bridgehead atoms. The molecule has 2 aromatic heterocycles. The maximum absolute atomic E-state index is 4.47. The van der Waals surface area contributed by atoms with Gasteiger partial charge in [-0.05, 0) is 39.2 Å². The number of hydrogen-bond acceptors (Lipinski definition) is 8. The van der Waals surface area contributed by atoms with Gasteiger partial charge in [0.1, 0.15) is 11.6 Å². The molecule has 0 atom stereocenters. The van der Waals surface area contributed by atoms with Crippen molar-refractivity contribution in [2.24, 2.45) is 0 Å². The summed E-state index contributed by atoms with van der Waals surface area (Å²) in [5.74, 6) is 1.85. The van der Waals surface area contributed by atoms with Crippen LogP contribution >= 0.6 is 23.5 Å². The molecule has 2 rings (SSSR count). The van der Waals surface area contributed by atoms with Crippen molar-refractivity contribution in [2.45, 2.75) is 49.8 Å². The second-order valence-corrected chi connectivity index (χ2v) is 7.58. The largest absolute Gasteiger partial charge is 0.370 e. The van der Waals surface area contributed by atoms with Crippen LogP contribution in [0.15, 0.2) is 22.4 Å². The van der Waals surface area contributed by atoms with Crippen LogP contribution < -0.4 is 10.6 Å². The molecule has 2 heterocycles. The summed E-state index contributed by atoms with van der Waals surface area (Å²) < 4.78 is 0. The number of aryl methyl sites for hydroxylation is 2. The maximum Gasteiger partial charge on any atom is 0.189 e. The number of nitrogens with one attached hydrogen (secondary N) is 2. The first-order valence-electron chi connectivity index (χ1n) is 8.88. The quantitative estimate of drug-likeness (QED) is 0.331. The van der Waals surface area contributed by atoms with Gasteiger partial charge in [0.15, 0.2) is 10.3 Å². The minimum absolute atomic E-state index is 0.822. The van der Waals surface area contributed by atoms with Gasteiger partial charge in [-0.3, -0.25) is 0 Å². The predicted molar refractivity (Wildman–Crippen MR) is 113 cm³/mol. The highest BCUT2D eigenvalue weighted by Gasteiger charge is 2.02. The molecule has 0 aromatic carbocycles. The highest BCUT2D eigenvalue weighted by molar-refractivity contribution is 7.98. The Morgan fingerprint density at radius 1 is 0.692 bits per heavy atom. The van der Waals surface area contributed by atoms with Gasteiger partial charge >= 0.3 is 0 Å². The van der Waals surface area contributed by atoms with Gasteiger partial charge in [0.2, 0.25) is 0 Å². The van der Waals surface area contributed by atoms with Crippen molar-refractivity contribution in [2.75, 3.05) is 36.2 Å². The molecule has 6 nitrogen and oxygen atoms in total. The lowest BCUT2D eigenvalue weighted by Gasteiger charge is -2.09. The third-order valence-electron chi connectivity index (χ3n) is 3.75. The number of anilines is 2. The van der Waals surface area contributed by atoms with Crippen molar-refractivity contribution in [1.82, 2.24) is 19.9 Å². The molecule has 0 amide bonds. The van der Waals surface area contributed by atoms with Gasteiger partial charge < -0.3 is 10.6 Å². The molecular formula is C18H28N6S2. The van der Waals surface area contributed by atoms with E-state index < -0.39 is 0 Å². The topological polar surface area (TPSA) is 75.6 Å². The molecule has 2 aromatic rings. The summed E-state index contributed by atoms with van der Waals surface area (Å²) in [7, 11) is 0. The lowest BCUT2D eigenvalue weighted by molar-refractivity contribution is 0.668. The number of unbranched alkanes of at least 4 members (excludes halogenated alkanes) is 3. The van der Waals surface area contributed by atoms with Crippen LogP contribution in [0.25, 0.3) is 0 Å². The Kier molecular flexibility index (Phi) is 8.97. The van der Waals surface area contributed by atoms with Gasteiger partial charge in [-0.1, -0.05) is 36.4 Å². The van der Waals surface area contributed by atoms with Crippen molar-refractivity contribution in [3.8, 4) is 0 Å². The highest BCUT2D eigenvalue weighted by atomic mass is 32.2. The minimum Gasteiger partial charge on any atom is -0.370 e. The average molecular weight is 393 g/mol. The van der Waals surface area contributed by atoms with Crippen molar-refractivity contribution in [3.63, 3.8) is 0 Å². The molecule has 0 saturated carbocycles. The Balaban J connectivity index is 1.58. The van der Waals surface area contributed by atoms with E-state index in [1.54, 1.807) is 23.5 Å². The summed E-state index contributed by atoms with van der Waals surface area (Å²) in [6, 6.07) is 3.99. The first-order valence-corrected chi connectivity index (χ1v) is 11.3. The van der Waals surface area contributed by atoms with Crippen molar-refractivity contribution in [1.29, 1.82) is 0 Å². The highest BCUT2D eigenvalue weighted by Crippen LogP contribution is 2.15. The number of rotatable bonds is 11. The fourth-order valence-electron chi connectivity index (χ4n) is 2.48. The molecule has 0 unspecified atom stereocenters. The van der Waals surface area contributed by atoms with Crippen LogP contribution in [0.5, 0.6) is 0 Å². The lowest BCUT2D eigenvalue weighted by Crippen LogP contribution is -2.07. The Labute approximate surface area is 164 Å². The van der Waals surface area contributed by atoms with Crippen molar-refractivity contribution >= 4 is 35.2 Å². The molecule has 0 aliphatic heterocycles. The second-order valence-electron chi connectivity index (χ2n) is 6.03. The summed E-state index contributed by atoms with van der Waals surface area (Å²) in [6.07, 6.45) is 8.68. The first kappa shape index (κ1) is 20.8. The number of nitrogens with zero attached hydrogens (tertiary/aromatic N) is 4. The number of aromatic nitrogens is 4. The van der Waals surface area contributed by atoms with E-state index in [9.17, 15) is 0 Å². The summed E-state index contributed by atoms with van der Waals surface area (Å²) >= 11 is 3.14. The van der Waals surface area contributed by atoms with Crippen LogP contribution in [0, 0.1) is 13.8 Å². The summed E-state index contributed by atoms with van der Waals surface area (Å²) in [5.41, 5.74) is 2.00. The van der Waals surface area contributed by atoms with Gasteiger partial charge in [0.05, 0.1) is 0 Å². The molecule has 26 heavy (non-hydrogen) atoms. The number of thioether (sulfide) groups is 2. The smallest absolute Gasteiger partial charge is 0.189 e. The van der Waals surface area contributed by atoms with Gasteiger partial charge in [0, 0.05) is 36.6 Å². The zero-order valence-electron chi connectivity index (χ0n) is 16.0. The molecule has 0 radical (unpaired) electrons. The molecule has 8 heteroatoms. The van der Waals surface area contributed by atoms with Gasteiger partial charge in [-0.15, -0.1) is 0 Å². The predicted octanol–water partition coefficient (Wildman–Crippen LogP) is 4.41. The molecule has 0 spiro atoms. The van der Waals surface area contributed by atoms with E-state index in [0.717, 1.165) is 59.3 Å². The maximum atomic E-state index is 4.47. The summed E-state index contributed by atoms with van der Waals surface area (Å²) in [5, 5.41) is 8.44. The Morgan fingerprint density at radius 3 is 1.50 bits per heavy atom. The standard InChI is InChI=1S/C18H28N6S2/c1-13-11-15(23-17(21-13)25-3)19-9-7-5-6-8-10-20-16-12-14(2)22-18(24-16)26-4/h11-12H,5-10H2,1-4H3,(H,19,21,23)(H,20,22,24). The zero-order chi connectivity index (χ0) is 18.8. The molecule has 0 fully saturated rings. The lowest BCUT2D eigenvalue weighted by atomic mass is 10.2. The van der Waals surface area contributed by atoms with E-state index in [4.69, 9.17) is 0 Å². The van der Waals surface area contributed by atoms with E-state index in [1.807, 2.05) is 38.5 Å². The third-order valence-corrected chi connectivity index (χ3v) is 4.84. The summed E-state index contributed by atoms with van der Waals surface area (Å²) in [4.78, 5) is 17.7. The van der Waals surface area contributed by atoms with Crippen molar-refractivity contribution in [3.05, 3.63) is 23.5 Å². The average Bonchev–Trinajstić information content (AvgIpc) is 2.62. The zero-order valence-corrected chi connectivity index (χ0v) is 17.6. The fraction of sp³-hybridized carbons (Fsp3) is 0.556. The molecule has 0 saturated heterocycles. The van der Waals surface area contributed by atoms with Crippen LogP contribution in [0.3, 0.4) is 0 Å². The molecule has 0 aliphatic carbocycles. The molecule has 0 aliphatic rings. The Bertz CT molecular complexity index is 636. The van der Waals surface area contributed by atoms with Crippen LogP contribution in [-0.4, -0.2) is 45.5 Å². The molecular weight excluding hydrogens is 364 g/mol.